The van der Waals surface area contributed by atoms with E-state index < -0.39 is 23.3 Å². The molecule has 0 rings (SSSR count). The number of aliphatic carboxylic acids is 2. The zero-order chi connectivity index (χ0) is 14.3. The molecule has 0 atom stereocenters. The molecule has 0 radical (unpaired) electrons. The topological polar surface area (TPSA) is 93.1 Å². The second-order valence-electron chi connectivity index (χ2n) is 4.45. The first-order chi connectivity index (χ1) is 8.25. The van der Waals surface area contributed by atoms with Crippen LogP contribution in [0.25, 0.3) is 0 Å². The highest BCUT2D eigenvalue weighted by molar-refractivity contribution is 5.97. The van der Waals surface area contributed by atoms with Gasteiger partial charge in [0.05, 0.1) is 5.57 Å². The van der Waals surface area contributed by atoms with Gasteiger partial charge >= 0.3 is 11.9 Å². The number of rotatable bonds is 8. The van der Waals surface area contributed by atoms with Crippen LogP contribution in [-0.2, 0) is 19.4 Å². The van der Waals surface area contributed by atoms with Crippen molar-refractivity contribution in [2.45, 2.75) is 52.6 Å². The Hall–Kier alpha value is -1.56. The molecule has 0 aromatic heterocycles. The van der Waals surface area contributed by atoms with Crippen molar-refractivity contribution in [2.24, 2.45) is 0 Å². The standard InChI is InChI=1S/C12H20O6/c1-5-7-12(3,4)18-17-9(11(15)16)8(6-2)10(13)14/h5-7H2,1-4H3,(H,13,14)(H,15,16). The van der Waals surface area contributed by atoms with E-state index in [0.29, 0.717) is 6.42 Å². The maximum atomic E-state index is 11.0. The monoisotopic (exact) mass is 260 g/mol. The minimum Gasteiger partial charge on any atom is -0.478 e. The van der Waals surface area contributed by atoms with Crippen LogP contribution in [-0.4, -0.2) is 27.8 Å². The summed E-state index contributed by atoms with van der Waals surface area (Å²) >= 11 is 0. The Bertz CT molecular complexity index is 342. The average molecular weight is 260 g/mol. The lowest BCUT2D eigenvalue weighted by Crippen LogP contribution is -2.26. The Balaban J connectivity index is 4.96. The van der Waals surface area contributed by atoms with Crippen molar-refractivity contribution in [3.05, 3.63) is 11.3 Å². The third kappa shape index (κ3) is 5.18. The average Bonchev–Trinajstić information content (AvgIpc) is 2.22. The van der Waals surface area contributed by atoms with Gasteiger partial charge in [-0.05, 0) is 26.7 Å². The van der Waals surface area contributed by atoms with Crippen LogP contribution in [0.3, 0.4) is 0 Å². The van der Waals surface area contributed by atoms with Gasteiger partial charge in [0.1, 0.15) is 5.60 Å². The zero-order valence-corrected chi connectivity index (χ0v) is 11.1. The smallest absolute Gasteiger partial charge is 0.375 e. The molecule has 0 aromatic carbocycles. The Kier molecular flexibility index (Phi) is 6.40. The van der Waals surface area contributed by atoms with E-state index in [0.717, 1.165) is 6.42 Å². The highest BCUT2D eigenvalue weighted by Crippen LogP contribution is 2.20. The fourth-order valence-corrected chi connectivity index (χ4v) is 1.42. The first-order valence-corrected chi connectivity index (χ1v) is 5.80. The van der Waals surface area contributed by atoms with E-state index >= 15 is 0 Å². The first kappa shape index (κ1) is 16.4. The van der Waals surface area contributed by atoms with Crippen LogP contribution in [0.2, 0.25) is 0 Å². The van der Waals surface area contributed by atoms with Crippen molar-refractivity contribution in [1.29, 1.82) is 0 Å². The lowest BCUT2D eigenvalue weighted by molar-refractivity contribution is -0.327. The SMILES string of the molecule is CCCC(C)(C)OOC(C(=O)O)=C(CC)C(=O)O. The van der Waals surface area contributed by atoms with E-state index in [1.165, 1.54) is 6.92 Å². The number of carboxylic acids is 2. The van der Waals surface area contributed by atoms with Gasteiger partial charge in [0, 0.05) is 0 Å². The molecule has 0 saturated carbocycles. The Morgan fingerprint density at radius 1 is 1.11 bits per heavy atom. The van der Waals surface area contributed by atoms with E-state index in [2.05, 4.69) is 0 Å². The molecule has 0 bridgehead atoms. The Labute approximate surface area is 106 Å². The number of hydrogen-bond acceptors (Lipinski definition) is 4. The van der Waals surface area contributed by atoms with Gasteiger partial charge < -0.3 is 15.1 Å². The summed E-state index contributed by atoms with van der Waals surface area (Å²) in [6.45, 7) is 6.96. The van der Waals surface area contributed by atoms with Gasteiger partial charge in [-0.1, -0.05) is 20.3 Å². The summed E-state index contributed by atoms with van der Waals surface area (Å²) in [4.78, 5) is 31.6. The van der Waals surface area contributed by atoms with Crippen molar-refractivity contribution in [3.8, 4) is 0 Å². The Morgan fingerprint density at radius 2 is 1.67 bits per heavy atom. The third-order valence-electron chi connectivity index (χ3n) is 2.28. The molecule has 104 valence electrons. The van der Waals surface area contributed by atoms with Crippen LogP contribution in [0.5, 0.6) is 0 Å². The second-order valence-corrected chi connectivity index (χ2v) is 4.45. The molecular weight excluding hydrogens is 240 g/mol. The predicted octanol–water partition coefficient (Wildman–Crippen LogP) is 2.35. The van der Waals surface area contributed by atoms with E-state index in [1.807, 2.05) is 6.92 Å². The molecule has 6 heteroatoms. The molecule has 0 aliphatic carbocycles. The van der Waals surface area contributed by atoms with Gasteiger partial charge in [0.15, 0.2) is 0 Å². The molecule has 0 fully saturated rings. The molecule has 0 aliphatic rings. The van der Waals surface area contributed by atoms with Gasteiger partial charge in [-0.15, -0.1) is 0 Å². The second kappa shape index (κ2) is 7.00. The van der Waals surface area contributed by atoms with Crippen LogP contribution in [0, 0.1) is 0 Å². The van der Waals surface area contributed by atoms with Gasteiger partial charge in [0.25, 0.3) is 5.76 Å². The summed E-state index contributed by atoms with van der Waals surface area (Å²) < 4.78 is 0. The zero-order valence-electron chi connectivity index (χ0n) is 11.1. The predicted molar refractivity (Wildman–Crippen MR) is 63.7 cm³/mol. The molecule has 0 spiro atoms. The van der Waals surface area contributed by atoms with Crippen molar-refractivity contribution in [3.63, 3.8) is 0 Å². The van der Waals surface area contributed by atoms with Crippen LogP contribution in [0.15, 0.2) is 11.3 Å². The summed E-state index contributed by atoms with van der Waals surface area (Å²) in [5.74, 6) is -3.46. The van der Waals surface area contributed by atoms with Gasteiger partial charge in [-0.3, -0.25) is 0 Å². The van der Waals surface area contributed by atoms with Crippen LogP contribution in [0.4, 0.5) is 0 Å². The summed E-state index contributed by atoms with van der Waals surface area (Å²) in [6.07, 6.45) is 1.53. The molecule has 0 amide bonds. The van der Waals surface area contributed by atoms with E-state index in [4.69, 9.17) is 20.0 Å². The van der Waals surface area contributed by atoms with Crippen molar-refractivity contribution in [2.75, 3.05) is 0 Å². The summed E-state index contributed by atoms with van der Waals surface area (Å²) in [5.41, 5.74) is -0.998. The first-order valence-electron chi connectivity index (χ1n) is 5.80. The molecule has 2 N–H and O–H groups in total. The summed E-state index contributed by atoms with van der Waals surface area (Å²) in [6, 6.07) is 0. The fourth-order valence-electron chi connectivity index (χ4n) is 1.42. The van der Waals surface area contributed by atoms with Gasteiger partial charge in [0.2, 0.25) is 0 Å². The maximum Gasteiger partial charge on any atom is 0.375 e. The van der Waals surface area contributed by atoms with Gasteiger partial charge in [-0.2, -0.15) is 4.89 Å². The van der Waals surface area contributed by atoms with Crippen molar-refractivity contribution < 1.29 is 29.6 Å². The van der Waals surface area contributed by atoms with Crippen molar-refractivity contribution in [1.82, 2.24) is 0 Å². The van der Waals surface area contributed by atoms with Crippen LogP contribution < -0.4 is 0 Å². The normalized spacial score (nSPS) is 12.9. The minimum absolute atomic E-state index is 0.0362. The molecular formula is C12H20O6. The molecule has 6 nitrogen and oxygen atoms in total. The lowest BCUT2D eigenvalue weighted by Gasteiger charge is -2.23. The highest BCUT2D eigenvalue weighted by Gasteiger charge is 2.26. The fraction of sp³-hybridized carbons (Fsp3) is 0.667. The van der Waals surface area contributed by atoms with E-state index in [9.17, 15) is 9.59 Å². The quantitative estimate of drug-likeness (QED) is 0.301. The van der Waals surface area contributed by atoms with Gasteiger partial charge in [-0.25, -0.2) is 9.59 Å². The third-order valence-corrected chi connectivity index (χ3v) is 2.28. The number of hydrogen-bond donors (Lipinski definition) is 2. The number of carboxylic acid groups (broad SMARTS) is 2. The molecule has 0 aliphatic heterocycles. The van der Waals surface area contributed by atoms with Crippen LogP contribution in [0.1, 0.15) is 47.0 Å². The summed E-state index contributed by atoms with van der Waals surface area (Å²) in [5, 5.41) is 17.8. The minimum atomic E-state index is -1.46. The molecule has 0 unspecified atom stereocenters. The molecule has 0 saturated heterocycles. The molecule has 0 heterocycles. The molecule has 18 heavy (non-hydrogen) atoms. The molecule has 0 aromatic rings. The highest BCUT2D eigenvalue weighted by atomic mass is 17.2. The lowest BCUT2D eigenvalue weighted by atomic mass is 10.0. The Morgan fingerprint density at radius 3 is 2.00 bits per heavy atom. The van der Waals surface area contributed by atoms with Crippen LogP contribution >= 0.6 is 0 Å². The largest absolute Gasteiger partial charge is 0.478 e. The summed E-state index contributed by atoms with van der Waals surface area (Å²) in [7, 11) is 0. The maximum absolute atomic E-state index is 11.0. The van der Waals surface area contributed by atoms with E-state index in [1.54, 1.807) is 13.8 Å². The van der Waals surface area contributed by atoms with E-state index in [-0.39, 0.29) is 12.0 Å². The van der Waals surface area contributed by atoms with Crippen molar-refractivity contribution >= 4 is 11.9 Å². The number of carbonyl (C=O) groups is 2.